The van der Waals surface area contributed by atoms with E-state index in [2.05, 4.69) is 15.3 Å². The molecule has 0 aliphatic carbocycles. The van der Waals surface area contributed by atoms with Crippen molar-refractivity contribution < 1.29 is 9.53 Å². The zero-order chi connectivity index (χ0) is 12.1. The number of aromatic nitrogens is 2. The smallest absolute Gasteiger partial charge is 0.239 e. The van der Waals surface area contributed by atoms with E-state index >= 15 is 0 Å². The minimum atomic E-state index is -0.122. The molecular formula is C10H13ClN4O2. The first kappa shape index (κ1) is 12.2. The minimum absolute atomic E-state index is 0.122. The van der Waals surface area contributed by atoms with Crippen molar-refractivity contribution >= 4 is 23.3 Å². The Morgan fingerprint density at radius 3 is 2.94 bits per heavy atom. The maximum Gasteiger partial charge on any atom is 0.239 e. The van der Waals surface area contributed by atoms with Crippen LogP contribution in [0.3, 0.4) is 0 Å². The van der Waals surface area contributed by atoms with Crippen LogP contribution in [-0.2, 0) is 9.53 Å². The zero-order valence-corrected chi connectivity index (χ0v) is 9.98. The Hall–Kier alpha value is -1.24. The van der Waals surface area contributed by atoms with E-state index in [0.29, 0.717) is 25.6 Å². The van der Waals surface area contributed by atoms with Crippen LogP contribution in [0.4, 0.5) is 5.82 Å². The van der Waals surface area contributed by atoms with Gasteiger partial charge in [-0.1, -0.05) is 11.6 Å². The number of anilines is 1. The largest absolute Gasteiger partial charge is 0.379 e. The summed E-state index contributed by atoms with van der Waals surface area (Å²) in [5.74, 6) is 0.249. The van der Waals surface area contributed by atoms with Crippen LogP contribution in [-0.4, -0.2) is 53.6 Å². The molecule has 0 unspecified atom stereocenters. The SMILES string of the molecule is O=C(CN1CCOCC1)Nc1cncc(Cl)n1. The first-order valence-electron chi connectivity index (χ1n) is 5.31. The third-order valence-corrected chi connectivity index (χ3v) is 2.53. The van der Waals surface area contributed by atoms with E-state index in [1.807, 2.05) is 4.90 Å². The van der Waals surface area contributed by atoms with E-state index in [4.69, 9.17) is 16.3 Å². The van der Waals surface area contributed by atoms with E-state index in [1.165, 1.54) is 12.4 Å². The third kappa shape index (κ3) is 3.92. The lowest BCUT2D eigenvalue weighted by atomic mass is 10.4. The Kier molecular flexibility index (Phi) is 4.24. The van der Waals surface area contributed by atoms with Gasteiger partial charge in [0.15, 0.2) is 5.82 Å². The topological polar surface area (TPSA) is 67.3 Å². The summed E-state index contributed by atoms with van der Waals surface area (Å²) in [7, 11) is 0. The van der Waals surface area contributed by atoms with Gasteiger partial charge in [0.05, 0.1) is 32.2 Å². The number of rotatable bonds is 3. The predicted molar refractivity (Wildman–Crippen MR) is 62.9 cm³/mol. The molecule has 92 valence electrons. The summed E-state index contributed by atoms with van der Waals surface area (Å²) in [5.41, 5.74) is 0. The fourth-order valence-electron chi connectivity index (χ4n) is 1.55. The lowest BCUT2D eigenvalue weighted by Gasteiger charge is -2.25. The third-order valence-electron chi connectivity index (χ3n) is 2.34. The maximum atomic E-state index is 11.7. The summed E-state index contributed by atoms with van der Waals surface area (Å²) in [6.45, 7) is 3.22. The summed E-state index contributed by atoms with van der Waals surface area (Å²) >= 11 is 5.67. The molecular weight excluding hydrogens is 244 g/mol. The molecule has 1 fully saturated rings. The van der Waals surface area contributed by atoms with Gasteiger partial charge in [0, 0.05) is 13.1 Å². The highest BCUT2D eigenvalue weighted by atomic mass is 35.5. The van der Waals surface area contributed by atoms with Crippen molar-refractivity contribution in [3.63, 3.8) is 0 Å². The molecule has 0 radical (unpaired) electrons. The molecule has 0 bridgehead atoms. The highest BCUT2D eigenvalue weighted by Gasteiger charge is 2.14. The molecule has 1 aliphatic heterocycles. The summed E-state index contributed by atoms with van der Waals surface area (Å²) in [5, 5.41) is 2.91. The van der Waals surface area contributed by atoms with E-state index in [-0.39, 0.29) is 11.1 Å². The number of carbonyl (C=O) groups excluding carboxylic acids is 1. The fourth-order valence-corrected chi connectivity index (χ4v) is 1.69. The molecule has 1 aromatic heterocycles. The van der Waals surface area contributed by atoms with E-state index < -0.39 is 0 Å². The number of hydrogen-bond donors (Lipinski definition) is 1. The first-order valence-corrected chi connectivity index (χ1v) is 5.69. The van der Waals surface area contributed by atoms with Crippen molar-refractivity contribution in [1.29, 1.82) is 0 Å². The van der Waals surface area contributed by atoms with Crippen LogP contribution in [0.2, 0.25) is 5.15 Å². The molecule has 2 rings (SSSR count). The van der Waals surface area contributed by atoms with Gasteiger partial charge in [-0.25, -0.2) is 4.98 Å². The summed E-state index contributed by atoms with van der Waals surface area (Å²) in [6, 6.07) is 0. The molecule has 7 heteroatoms. The van der Waals surface area contributed by atoms with Gasteiger partial charge in [-0.05, 0) is 0 Å². The molecule has 1 amide bonds. The van der Waals surface area contributed by atoms with Gasteiger partial charge in [0.25, 0.3) is 0 Å². The van der Waals surface area contributed by atoms with E-state index in [1.54, 1.807) is 0 Å². The molecule has 2 heterocycles. The molecule has 0 saturated carbocycles. The van der Waals surface area contributed by atoms with Crippen LogP contribution in [0.1, 0.15) is 0 Å². The number of morpholine rings is 1. The Morgan fingerprint density at radius 1 is 1.47 bits per heavy atom. The number of nitrogens with one attached hydrogen (secondary N) is 1. The lowest BCUT2D eigenvalue weighted by molar-refractivity contribution is -0.118. The van der Waals surface area contributed by atoms with Crippen molar-refractivity contribution in [2.75, 3.05) is 38.2 Å². The van der Waals surface area contributed by atoms with Gasteiger partial charge in [-0.3, -0.25) is 14.7 Å². The first-order chi connectivity index (χ1) is 8.24. The summed E-state index contributed by atoms with van der Waals surface area (Å²) < 4.78 is 5.20. The second-order valence-corrected chi connectivity index (χ2v) is 4.05. The van der Waals surface area contributed by atoms with Gasteiger partial charge < -0.3 is 10.1 Å². The van der Waals surface area contributed by atoms with Crippen LogP contribution in [0.15, 0.2) is 12.4 Å². The average molecular weight is 257 g/mol. The minimum Gasteiger partial charge on any atom is -0.379 e. The highest BCUT2D eigenvalue weighted by Crippen LogP contribution is 2.06. The average Bonchev–Trinajstić information content (AvgIpc) is 2.30. The zero-order valence-electron chi connectivity index (χ0n) is 9.23. The Balaban J connectivity index is 1.84. The highest BCUT2D eigenvalue weighted by molar-refractivity contribution is 6.29. The molecule has 1 aliphatic rings. The van der Waals surface area contributed by atoms with Crippen molar-refractivity contribution in [2.45, 2.75) is 0 Å². The van der Waals surface area contributed by atoms with Crippen molar-refractivity contribution in [3.05, 3.63) is 17.5 Å². The van der Waals surface area contributed by atoms with Crippen molar-refractivity contribution in [2.24, 2.45) is 0 Å². The number of carbonyl (C=O) groups is 1. The van der Waals surface area contributed by atoms with Crippen LogP contribution in [0.25, 0.3) is 0 Å². The Morgan fingerprint density at radius 2 is 2.24 bits per heavy atom. The summed E-state index contributed by atoms with van der Waals surface area (Å²) in [6.07, 6.45) is 2.88. The number of halogens is 1. The molecule has 1 aromatic rings. The van der Waals surface area contributed by atoms with Crippen LogP contribution >= 0.6 is 11.6 Å². The molecule has 6 nitrogen and oxygen atoms in total. The van der Waals surface area contributed by atoms with Crippen LogP contribution in [0.5, 0.6) is 0 Å². The lowest BCUT2D eigenvalue weighted by Crippen LogP contribution is -2.41. The predicted octanol–water partition coefficient (Wildman–Crippen LogP) is 0.401. The second kappa shape index (κ2) is 5.90. The van der Waals surface area contributed by atoms with Gasteiger partial charge in [0.2, 0.25) is 5.91 Å². The van der Waals surface area contributed by atoms with Gasteiger partial charge in [-0.15, -0.1) is 0 Å². The number of nitrogens with zero attached hydrogens (tertiary/aromatic N) is 3. The van der Waals surface area contributed by atoms with Gasteiger partial charge >= 0.3 is 0 Å². The van der Waals surface area contributed by atoms with E-state index in [0.717, 1.165) is 13.1 Å². The van der Waals surface area contributed by atoms with E-state index in [9.17, 15) is 4.79 Å². The second-order valence-electron chi connectivity index (χ2n) is 3.66. The Bertz CT molecular complexity index is 396. The number of hydrogen-bond acceptors (Lipinski definition) is 5. The normalized spacial score (nSPS) is 16.8. The molecule has 17 heavy (non-hydrogen) atoms. The van der Waals surface area contributed by atoms with Crippen LogP contribution in [0, 0.1) is 0 Å². The monoisotopic (exact) mass is 256 g/mol. The Labute approximate surface area is 104 Å². The van der Waals surface area contributed by atoms with Crippen molar-refractivity contribution in [1.82, 2.24) is 14.9 Å². The molecule has 0 spiro atoms. The molecule has 1 N–H and O–H groups in total. The fraction of sp³-hybridized carbons (Fsp3) is 0.500. The molecule has 0 atom stereocenters. The number of amides is 1. The maximum absolute atomic E-state index is 11.7. The summed E-state index contributed by atoms with van der Waals surface area (Å²) in [4.78, 5) is 21.5. The number of ether oxygens (including phenoxy) is 1. The standard InChI is InChI=1S/C10H13ClN4O2/c11-8-5-12-6-9(13-8)14-10(16)7-15-1-3-17-4-2-15/h5-6H,1-4,7H2,(H,13,14,16). The van der Waals surface area contributed by atoms with Gasteiger partial charge in [0.1, 0.15) is 5.15 Å². The molecule has 0 aromatic carbocycles. The quantitative estimate of drug-likeness (QED) is 0.848. The van der Waals surface area contributed by atoms with Gasteiger partial charge in [-0.2, -0.15) is 0 Å². The van der Waals surface area contributed by atoms with Crippen LogP contribution < -0.4 is 5.32 Å². The molecule has 1 saturated heterocycles. The van der Waals surface area contributed by atoms with Crippen molar-refractivity contribution in [3.8, 4) is 0 Å².